The second-order valence-corrected chi connectivity index (χ2v) is 10.1. The number of carbonyl (C=O) groups is 2. The first kappa shape index (κ1) is 31.0. The lowest BCUT2D eigenvalue weighted by Crippen LogP contribution is -2.41. The third-order valence-corrected chi connectivity index (χ3v) is 7.23. The number of nitrogens with one attached hydrogen (secondary N) is 2. The standard InChI is InChI=1S/C20H19N3O2.C12H14FN3OS/c1-23-18(12-13-21-23)20(25)22-17(14-24)19(15-8-4-2-5-9-15)16-10-6-3-7-11-16;1-8-11(7-16(15-8)18-13)10-5-4-9(14-2)6-12(10)17-3/h2-14,17,19H,1H3,(H,22,25);4-7,14H,1-3H3. The number of aryl methyl sites for hydroxylation is 2. The van der Waals surface area contributed by atoms with Crippen LogP contribution in [0.3, 0.4) is 0 Å². The quantitative estimate of drug-likeness (QED) is 0.194. The zero-order valence-electron chi connectivity index (χ0n) is 24.3. The topological polar surface area (TPSA) is 103 Å². The van der Waals surface area contributed by atoms with Crippen molar-refractivity contribution in [2.75, 3.05) is 19.5 Å². The van der Waals surface area contributed by atoms with Gasteiger partial charge in [0.15, 0.2) is 12.3 Å². The average Bonchev–Trinajstić information content (AvgIpc) is 3.66. The van der Waals surface area contributed by atoms with Gasteiger partial charge in [-0.1, -0.05) is 60.7 Å². The minimum absolute atomic E-state index is 0.0720. The monoisotopic (exact) mass is 600 g/mol. The molecule has 9 nitrogen and oxygen atoms in total. The Bertz CT molecular complexity index is 1600. The lowest BCUT2D eigenvalue weighted by molar-refractivity contribution is -0.109. The maximum atomic E-state index is 12.5. The first-order valence-electron chi connectivity index (χ1n) is 13.5. The van der Waals surface area contributed by atoms with Gasteiger partial charge >= 0.3 is 0 Å². The molecule has 3 aromatic carbocycles. The number of hydrogen-bond donors (Lipinski definition) is 2. The van der Waals surface area contributed by atoms with Crippen LogP contribution in [0.2, 0.25) is 0 Å². The molecule has 1 atom stereocenters. The molecule has 5 aromatic rings. The number of carbonyl (C=O) groups excluding carboxylic acids is 2. The van der Waals surface area contributed by atoms with Gasteiger partial charge in [-0.25, -0.2) is 0 Å². The highest BCUT2D eigenvalue weighted by atomic mass is 32.2. The summed E-state index contributed by atoms with van der Waals surface area (Å²) >= 11 is 0.0720. The van der Waals surface area contributed by atoms with E-state index in [1.54, 1.807) is 32.6 Å². The number of methoxy groups -OCH3 is 1. The van der Waals surface area contributed by atoms with E-state index in [2.05, 4.69) is 20.8 Å². The first-order valence-corrected chi connectivity index (χ1v) is 14.1. The summed E-state index contributed by atoms with van der Waals surface area (Å²) in [6.45, 7) is 1.84. The number of amides is 1. The second kappa shape index (κ2) is 14.8. The van der Waals surface area contributed by atoms with Gasteiger partial charge in [-0.05, 0) is 36.2 Å². The Morgan fingerprint density at radius 1 is 1.00 bits per heavy atom. The van der Waals surface area contributed by atoms with Crippen LogP contribution in [0, 0.1) is 6.92 Å². The highest BCUT2D eigenvalue weighted by molar-refractivity contribution is 7.92. The van der Waals surface area contributed by atoms with Crippen LogP contribution in [0.4, 0.5) is 9.57 Å². The molecule has 43 heavy (non-hydrogen) atoms. The van der Waals surface area contributed by atoms with Crippen molar-refractivity contribution in [2.24, 2.45) is 7.05 Å². The average molecular weight is 601 g/mol. The fourth-order valence-electron chi connectivity index (χ4n) is 4.75. The molecule has 11 heteroatoms. The lowest BCUT2D eigenvalue weighted by Gasteiger charge is -2.25. The van der Waals surface area contributed by atoms with Gasteiger partial charge in [0, 0.05) is 55.3 Å². The summed E-state index contributed by atoms with van der Waals surface area (Å²) < 4.78 is 20.5. The molecule has 1 amide bonds. The smallest absolute Gasteiger partial charge is 0.270 e. The van der Waals surface area contributed by atoms with E-state index in [0.717, 1.165) is 45.7 Å². The minimum atomic E-state index is -0.688. The van der Waals surface area contributed by atoms with Crippen LogP contribution in [-0.2, 0) is 11.8 Å². The summed E-state index contributed by atoms with van der Waals surface area (Å²) in [4.78, 5) is 24.4. The molecule has 1 unspecified atom stereocenters. The summed E-state index contributed by atoms with van der Waals surface area (Å²) in [5, 5.41) is 13.9. The van der Waals surface area contributed by atoms with E-state index in [9.17, 15) is 13.5 Å². The van der Waals surface area contributed by atoms with E-state index in [1.807, 2.05) is 92.8 Å². The number of hydrogen-bond acceptors (Lipinski definition) is 7. The van der Waals surface area contributed by atoms with Crippen molar-refractivity contribution >= 4 is 30.2 Å². The summed E-state index contributed by atoms with van der Waals surface area (Å²) in [7, 11) is 5.15. The molecular formula is C32H33FN6O3S. The van der Waals surface area contributed by atoms with Crippen LogP contribution >= 0.6 is 12.3 Å². The van der Waals surface area contributed by atoms with Gasteiger partial charge in [-0.2, -0.15) is 14.3 Å². The minimum Gasteiger partial charge on any atom is -0.496 e. The Balaban J connectivity index is 0.000000208. The predicted molar refractivity (Wildman–Crippen MR) is 168 cm³/mol. The summed E-state index contributed by atoms with van der Waals surface area (Å²) in [6.07, 6.45) is 3.99. The molecule has 2 heterocycles. The molecule has 2 N–H and O–H groups in total. The maximum absolute atomic E-state index is 12.5. The van der Waals surface area contributed by atoms with E-state index >= 15 is 0 Å². The van der Waals surface area contributed by atoms with Gasteiger partial charge < -0.3 is 20.2 Å². The first-order chi connectivity index (χ1) is 20.9. The zero-order chi connectivity index (χ0) is 30.8. The normalized spacial score (nSPS) is 11.3. The van der Waals surface area contributed by atoms with Crippen LogP contribution in [0.5, 0.6) is 5.75 Å². The number of ether oxygens (including phenoxy) is 1. The molecule has 0 aliphatic heterocycles. The second-order valence-electron chi connectivity index (χ2n) is 9.54. The molecule has 2 aromatic heterocycles. The van der Waals surface area contributed by atoms with Crippen LogP contribution in [0.15, 0.2) is 97.3 Å². The van der Waals surface area contributed by atoms with Gasteiger partial charge in [0.05, 0.1) is 18.8 Å². The Kier molecular flexibility index (Phi) is 10.7. The Morgan fingerprint density at radius 3 is 2.14 bits per heavy atom. The van der Waals surface area contributed by atoms with Gasteiger partial charge in [0.25, 0.3) is 5.91 Å². The van der Waals surface area contributed by atoms with Crippen LogP contribution < -0.4 is 15.4 Å². The molecular weight excluding hydrogens is 567 g/mol. The Labute approximate surface area is 254 Å². The molecule has 0 radical (unpaired) electrons. The molecule has 0 saturated heterocycles. The van der Waals surface area contributed by atoms with Crippen molar-refractivity contribution in [1.29, 1.82) is 0 Å². The Hall–Kier alpha value is -4.90. The van der Waals surface area contributed by atoms with E-state index in [0.29, 0.717) is 5.69 Å². The van der Waals surface area contributed by atoms with E-state index in [4.69, 9.17) is 4.74 Å². The highest BCUT2D eigenvalue weighted by Crippen LogP contribution is 2.34. The van der Waals surface area contributed by atoms with Gasteiger partial charge in [-0.3, -0.25) is 9.48 Å². The molecule has 0 saturated carbocycles. The van der Waals surface area contributed by atoms with Gasteiger partial charge in [0.1, 0.15) is 17.7 Å². The van der Waals surface area contributed by atoms with Crippen molar-refractivity contribution in [3.8, 4) is 16.9 Å². The molecule has 0 aliphatic rings. The van der Waals surface area contributed by atoms with Gasteiger partial charge in [-0.15, -0.1) is 3.89 Å². The summed E-state index contributed by atoms with van der Waals surface area (Å²) in [6, 6.07) is 26.1. The number of halogens is 1. The van der Waals surface area contributed by atoms with E-state index < -0.39 is 6.04 Å². The molecule has 5 rings (SSSR count). The molecule has 0 spiro atoms. The van der Waals surface area contributed by atoms with Crippen molar-refractivity contribution in [3.63, 3.8) is 0 Å². The number of aromatic nitrogens is 4. The molecule has 0 fully saturated rings. The molecule has 0 aliphatic carbocycles. The van der Waals surface area contributed by atoms with Crippen LogP contribution in [0.1, 0.15) is 33.2 Å². The van der Waals surface area contributed by atoms with E-state index in [1.165, 1.54) is 8.77 Å². The van der Waals surface area contributed by atoms with Crippen molar-refractivity contribution < 1.29 is 18.2 Å². The SMILES string of the molecule is CNc1ccc(-c2cn(SF)nc2C)c(OC)c1.Cn1nccc1C(=O)NC(C=O)C(c1ccccc1)c1ccccc1. The molecule has 0 bridgehead atoms. The number of anilines is 1. The number of aldehydes is 1. The highest BCUT2D eigenvalue weighted by Gasteiger charge is 2.27. The van der Waals surface area contributed by atoms with Crippen LogP contribution in [-0.4, -0.2) is 51.4 Å². The predicted octanol–water partition coefficient (Wildman–Crippen LogP) is 5.84. The largest absolute Gasteiger partial charge is 0.496 e. The lowest BCUT2D eigenvalue weighted by atomic mass is 9.85. The van der Waals surface area contributed by atoms with Crippen molar-refractivity contribution in [2.45, 2.75) is 18.9 Å². The maximum Gasteiger partial charge on any atom is 0.270 e. The number of benzene rings is 3. The Morgan fingerprint density at radius 2 is 1.65 bits per heavy atom. The van der Waals surface area contributed by atoms with Crippen molar-refractivity contribution in [1.82, 2.24) is 24.3 Å². The number of rotatable bonds is 10. The molecule has 222 valence electrons. The number of nitrogens with zero attached hydrogens (tertiary/aromatic N) is 4. The third kappa shape index (κ3) is 7.49. The third-order valence-electron chi connectivity index (χ3n) is 6.90. The summed E-state index contributed by atoms with van der Waals surface area (Å²) in [5.74, 6) is 0.138. The van der Waals surface area contributed by atoms with E-state index in [-0.39, 0.29) is 24.2 Å². The van der Waals surface area contributed by atoms with Gasteiger partial charge in [0.2, 0.25) is 0 Å². The zero-order valence-corrected chi connectivity index (χ0v) is 25.1. The van der Waals surface area contributed by atoms with Crippen molar-refractivity contribution in [3.05, 3.63) is 120 Å². The fraction of sp³-hybridized carbons (Fsp3) is 0.188. The van der Waals surface area contributed by atoms with Crippen LogP contribution in [0.25, 0.3) is 11.1 Å². The fourth-order valence-corrected chi connectivity index (χ4v) is 5.05. The summed E-state index contributed by atoms with van der Waals surface area (Å²) in [5.41, 5.74) is 5.82.